The summed E-state index contributed by atoms with van der Waals surface area (Å²) in [6, 6.07) is 0. The topological polar surface area (TPSA) is 40.5 Å². The fraction of sp³-hybridized carbons (Fsp3) is 0.909. The van der Waals surface area contributed by atoms with Gasteiger partial charge in [-0.25, -0.2) is 4.39 Å². The summed E-state index contributed by atoms with van der Waals surface area (Å²) >= 11 is 0. The monoisotopic (exact) mass is 217 g/mol. The predicted molar refractivity (Wildman–Crippen MR) is 56.6 cm³/mol. The maximum atomic E-state index is 13.7. The number of alkyl halides is 1. The third-order valence-corrected chi connectivity index (χ3v) is 3.08. The number of hydrogen-bond donors (Lipinski definition) is 1. The first kappa shape index (κ1) is 12.4. The standard InChI is InChI=1S/C11H20FNO2/c1-9(10(14)15)8-13-6-3-4-11(2,12)5-7-13/h9H,3-8H2,1-2H3,(H,14,15). The third-order valence-electron chi connectivity index (χ3n) is 3.08. The minimum absolute atomic E-state index is 0.367. The molecule has 1 fully saturated rings. The van der Waals surface area contributed by atoms with Crippen LogP contribution in [0.1, 0.15) is 33.1 Å². The maximum absolute atomic E-state index is 13.7. The molecule has 0 aromatic rings. The van der Waals surface area contributed by atoms with Crippen molar-refractivity contribution in [1.82, 2.24) is 4.90 Å². The van der Waals surface area contributed by atoms with Crippen LogP contribution in [0.3, 0.4) is 0 Å². The molecular formula is C11H20FNO2. The summed E-state index contributed by atoms with van der Waals surface area (Å²) in [7, 11) is 0. The van der Waals surface area contributed by atoms with Gasteiger partial charge < -0.3 is 10.0 Å². The van der Waals surface area contributed by atoms with Crippen LogP contribution in [-0.4, -0.2) is 41.3 Å². The van der Waals surface area contributed by atoms with Crippen LogP contribution in [0.15, 0.2) is 0 Å². The fourth-order valence-electron chi connectivity index (χ4n) is 1.95. The Hall–Kier alpha value is -0.640. The lowest BCUT2D eigenvalue weighted by atomic mass is 10.00. The number of carboxylic acid groups (broad SMARTS) is 1. The highest BCUT2D eigenvalue weighted by molar-refractivity contribution is 5.69. The summed E-state index contributed by atoms with van der Waals surface area (Å²) in [5.74, 6) is -1.14. The Bertz CT molecular complexity index is 231. The number of aliphatic carboxylic acids is 1. The second-order valence-electron chi connectivity index (χ2n) is 4.81. The average molecular weight is 217 g/mol. The Morgan fingerprint density at radius 2 is 2.20 bits per heavy atom. The van der Waals surface area contributed by atoms with E-state index >= 15 is 0 Å². The SMILES string of the molecule is CC(CN1CCCC(C)(F)CC1)C(=O)O. The van der Waals surface area contributed by atoms with Crippen LogP contribution in [-0.2, 0) is 4.79 Å². The van der Waals surface area contributed by atoms with Crippen molar-refractivity contribution >= 4 is 5.97 Å². The van der Waals surface area contributed by atoms with Gasteiger partial charge in [-0.05, 0) is 32.7 Å². The lowest BCUT2D eigenvalue weighted by molar-refractivity contribution is -0.141. The first-order chi connectivity index (χ1) is 6.91. The number of rotatable bonds is 3. The molecule has 0 radical (unpaired) electrons. The summed E-state index contributed by atoms with van der Waals surface area (Å²) in [5.41, 5.74) is -1.07. The molecule has 1 saturated heterocycles. The molecule has 2 unspecified atom stereocenters. The molecule has 1 N–H and O–H groups in total. The quantitative estimate of drug-likeness (QED) is 0.785. The molecule has 2 atom stereocenters. The van der Waals surface area contributed by atoms with Crippen LogP contribution in [0.2, 0.25) is 0 Å². The van der Waals surface area contributed by atoms with E-state index in [-0.39, 0.29) is 5.92 Å². The largest absolute Gasteiger partial charge is 0.481 e. The van der Waals surface area contributed by atoms with Crippen molar-refractivity contribution in [2.24, 2.45) is 5.92 Å². The van der Waals surface area contributed by atoms with Gasteiger partial charge in [0.2, 0.25) is 0 Å². The van der Waals surface area contributed by atoms with Crippen LogP contribution >= 0.6 is 0 Å². The molecule has 0 bridgehead atoms. The molecule has 0 aromatic carbocycles. The third kappa shape index (κ3) is 4.16. The summed E-state index contributed by atoms with van der Waals surface area (Å²) < 4.78 is 13.7. The van der Waals surface area contributed by atoms with Crippen LogP contribution < -0.4 is 0 Å². The van der Waals surface area contributed by atoms with Gasteiger partial charge in [0.15, 0.2) is 0 Å². The first-order valence-corrected chi connectivity index (χ1v) is 5.55. The summed E-state index contributed by atoms with van der Waals surface area (Å²) in [4.78, 5) is 12.7. The molecule has 1 aliphatic heterocycles. The predicted octanol–water partition coefficient (Wildman–Crippen LogP) is 1.92. The highest BCUT2D eigenvalue weighted by atomic mass is 19.1. The van der Waals surface area contributed by atoms with E-state index in [1.807, 2.05) is 0 Å². The van der Waals surface area contributed by atoms with E-state index in [2.05, 4.69) is 4.90 Å². The van der Waals surface area contributed by atoms with Crippen molar-refractivity contribution in [3.63, 3.8) is 0 Å². The van der Waals surface area contributed by atoms with Gasteiger partial charge >= 0.3 is 5.97 Å². The van der Waals surface area contributed by atoms with Gasteiger partial charge in [-0.15, -0.1) is 0 Å². The normalized spacial score (nSPS) is 30.9. The molecule has 4 heteroatoms. The highest BCUT2D eigenvalue weighted by Gasteiger charge is 2.28. The van der Waals surface area contributed by atoms with Crippen molar-refractivity contribution in [2.75, 3.05) is 19.6 Å². The van der Waals surface area contributed by atoms with Crippen LogP contribution in [0, 0.1) is 5.92 Å². The van der Waals surface area contributed by atoms with Crippen molar-refractivity contribution in [3.8, 4) is 0 Å². The molecule has 1 heterocycles. The van der Waals surface area contributed by atoms with E-state index in [1.165, 1.54) is 0 Å². The van der Waals surface area contributed by atoms with E-state index in [0.717, 1.165) is 13.0 Å². The van der Waals surface area contributed by atoms with Crippen molar-refractivity contribution in [3.05, 3.63) is 0 Å². The van der Waals surface area contributed by atoms with Gasteiger partial charge in [-0.2, -0.15) is 0 Å². The van der Waals surface area contributed by atoms with Gasteiger partial charge in [0.1, 0.15) is 5.67 Å². The summed E-state index contributed by atoms with van der Waals surface area (Å²) in [5, 5.41) is 8.78. The number of hydrogen-bond acceptors (Lipinski definition) is 2. The molecule has 0 aliphatic carbocycles. The molecular weight excluding hydrogens is 197 g/mol. The van der Waals surface area contributed by atoms with Crippen LogP contribution in [0.5, 0.6) is 0 Å². The van der Waals surface area contributed by atoms with E-state index in [9.17, 15) is 9.18 Å². The van der Waals surface area contributed by atoms with E-state index in [4.69, 9.17) is 5.11 Å². The molecule has 1 rings (SSSR count). The van der Waals surface area contributed by atoms with E-state index in [0.29, 0.717) is 25.9 Å². The van der Waals surface area contributed by atoms with Crippen molar-refractivity contribution < 1.29 is 14.3 Å². The van der Waals surface area contributed by atoms with Crippen LogP contribution in [0.25, 0.3) is 0 Å². The molecule has 15 heavy (non-hydrogen) atoms. The second-order valence-corrected chi connectivity index (χ2v) is 4.81. The van der Waals surface area contributed by atoms with E-state index < -0.39 is 11.6 Å². The number of likely N-dealkylation sites (tertiary alicyclic amines) is 1. The average Bonchev–Trinajstić information content (AvgIpc) is 2.28. The maximum Gasteiger partial charge on any atom is 0.307 e. The minimum Gasteiger partial charge on any atom is -0.481 e. The number of carboxylic acids is 1. The second kappa shape index (κ2) is 4.92. The summed E-state index contributed by atoms with van der Waals surface area (Å²) in [6.45, 7) is 5.35. The van der Waals surface area contributed by atoms with Gasteiger partial charge in [0.05, 0.1) is 5.92 Å². The highest BCUT2D eigenvalue weighted by Crippen LogP contribution is 2.25. The molecule has 1 aliphatic rings. The zero-order valence-corrected chi connectivity index (χ0v) is 9.50. The Balaban J connectivity index is 2.41. The van der Waals surface area contributed by atoms with Crippen molar-refractivity contribution in [2.45, 2.75) is 38.8 Å². The molecule has 0 amide bonds. The molecule has 0 aromatic heterocycles. The molecule has 88 valence electrons. The first-order valence-electron chi connectivity index (χ1n) is 5.55. The summed E-state index contributed by atoms with van der Waals surface area (Å²) in [6.07, 6.45) is 1.92. The minimum atomic E-state index is -1.07. The number of nitrogens with zero attached hydrogens (tertiary/aromatic N) is 1. The molecule has 0 spiro atoms. The lowest BCUT2D eigenvalue weighted by Crippen LogP contribution is -2.33. The Morgan fingerprint density at radius 1 is 1.53 bits per heavy atom. The molecule has 0 saturated carbocycles. The van der Waals surface area contributed by atoms with Gasteiger partial charge in [-0.1, -0.05) is 6.92 Å². The Labute approximate surface area is 90.3 Å². The zero-order valence-electron chi connectivity index (χ0n) is 9.50. The molecule has 3 nitrogen and oxygen atoms in total. The van der Waals surface area contributed by atoms with Gasteiger partial charge in [-0.3, -0.25) is 4.79 Å². The number of halogens is 1. The van der Waals surface area contributed by atoms with Gasteiger partial charge in [0, 0.05) is 13.1 Å². The van der Waals surface area contributed by atoms with Crippen molar-refractivity contribution in [1.29, 1.82) is 0 Å². The van der Waals surface area contributed by atoms with Gasteiger partial charge in [0.25, 0.3) is 0 Å². The van der Waals surface area contributed by atoms with Crippen LogP contribution in [0.4, 0.5) is 4.39 Å². The van der Waals surface area contributed by atoms with E-state index in [1.54, 1.807) is 13.8 Å². The smallest absolute Gasteiger partial charge is 0.307 e. The lowest BCUT2D eigenvalue weighted by Gasteiger charge is -2.22. The fourth-order valence-corrected chi connectivity index (χ4v) is 1.95. The Morgan fingerprint density at radius 3 is 2.80 bits per heavy atom. The Kier molecular flexibility index (Phi) is 4.08. The zero-order chi connectivity index (χ0) is 11.5. The number of carbonyl (C=O) groups is 1.